The van der Waals surface area contributed by atoms with Crippen molar-refractivity contribution in [3.8, 4) is 0 Å². The highest BCUT2D eigenvalue weighted by atomic mass is 79.9. The molecule has 0 amide bonds. The van der Waals surface area contributed by atoms with Crippen molar-refractivity contribution in [2.45, 2.75) is 26.0 Å². The molecule has 0 saturated carbocycles. The van der Waals surface area contributed by atoms with E-state index >= 15 is 0 Å². The maximum Gasteiger partial charge on any atom is 0.0285 e. The topological polar surface area (TPSA) is 0 Å². The monoisotopic (exact) mass is 322 g/mol. The molecule has 1 aliphatic carbocycles. The van der Waals surface area contributed by atoms with Gasteiger partial charge in [0.25, 0.3) is 0 Å². The summed E-state index contributed by atoms with van der Waals surface area (Å²) < 4.78 is 1.18. The van der Waals surface area contributed by atoms with E-state index < -0.39 is 0 Å². The van der Waals surface area contributed by atoms with Gasteiger partial charge in [0.2, 0.25) is 0 Å². The molecule has 0 nitrogen and oxygen atoms in total. The Kier molecular flexibility index (Phi) is 7.14. The van der Waals surface area contributed by atoms with Crippen LogP contribution in [0.3, 0.4) is 0 Å². The minimum atomic E-state index is 0.762. The van der Waals surface area contributed by atoms with E-state index in [-0.39, 0.29) is 0 Å². The molecule has 0 fully saturated rings. The van der Waals surface area contributed by atoms with Gasteiger partial charge in [0.15, 0.2) is 0 Å². The van der Waals surface area contributed by atoms with Gasteiger partial charge < -0.3 is 0 Å². The smallest absolute Gasteiger partial charge is 0.0285 e. The van der Waals surface area contributed by atoms with Crippen molar-refractivity contribution in [1.29, 1.82) is 0 Å². The summed E-state index contributed by atoms with van der Waals surface area (Å²) in [5.74, 6) is 0.762. The molecule has 0 radical (unpaired) electrons. The van der Waals surface area contributed by atoms with Crippen molar-refractivity contribution < 1.29 is 0 Å². The van der Waals surface area contributed by atoms with Gasteiger partial charge in [0.1, 0.15) is 0 Å². The molecule has 2 rings (SSSR count). The molecule has 1 aromatic rings. The Morgan fingerprint density at radius 3 is 2.56 bits per heavy atom. The van der Waals surface area contributed by atoms with Gasteiger partial charge in [-0.3, -0.25) is 0 Å². The molecule has 0 saturated heterocycles. The molecule has 0 atom stereocenters. The second-order valence-corrected chi connectivity index (χ2v) is 4.76. The predicted molar refractivity (Wildman–Crippen MR) is 89.2 cm³/mol. The van der Waals surface area contributed by atoms with E-state index in [1.165, 1.54) is 21.2 Å². The molecule has 2 heteroatoms. The molecular formula is C16H19BrS. The number of benzene rings is 1. The Balaban J connectivity index is 0.000000771. The van der Waals surface area contributed by atoms with Crippen LogP contribution < -0.4 is 0 Å². The van der Waals surface area contributed by atoms with Crippen molar-refractivity contribution in [2.75, 3.05) is 0 Å². The van der Waals surface area contributed by atoms with E-state index in [0.29, 0.717) is 0 Å². The van der Waals surface area contributed by atoms with Crippen LogP contribution in [0.4, 0.5) is 0 Å². The zero-order valence-corrected chi connectivity index (χ0v) is 13.3. The van der Waals surface area contributed by atoms with Gasteiger partial charge in [-0.1, -0.05) is 62.4 Å². The summed E-state index contributed by atoms with van der Waals surface area (Å²) in [6.07, 6.45) is 9.45. The number of hydrogen-bond donors (Lipinski definition) is 1. The van der Waals surface area contributed by atoms with Crippen molar-refractivity contribution in [3.05, 3.63) is 65.3 Å². The lowest BCUT2D eigenvalue weighted by Gasteiger charge is -2.11. The van der Waals surface area contributed by atoms with E-state index in [1.807, 2.05) is 13.8 Å². The Hall–Kier alpha value is -0.730. The molecule has 0 aliphatic heterocycles. The summed E-state index contributed by atoms with van der Waals surface area (Å²) >= 11 is 8.06. The maximum absolute atomic E-state index is 4.36. The van der Waals surface area contributed by atoms with Gasteiger partial charge in [0, 0.05) is 10.2 Å². The third-order valence-corrected chi connectivity index (χ3v) is 3.87. The lowest BCUT2D eigenvalue weighted by atomic mass is 10.0. The number of halogens is 1. The van der Waals surface area contributed by atoms with Crippen LogP contribution in [-0.4, -0.2) is 0 Å². The summed E-state index contributed by atoms with van der Waals surface area (Å²) in [5.41, 5.74) is 3.82. The van der Waals surface area contributed by atoms with E-state index in [9.17, 15) is 0 Å². The van der Waals surface area contributed by atoms with Crippen molar-refractivity contribution in [1.82, 2.24) is 0 Å². The average molecular weight is 323 g/mol. The molecule has 1 aromatic carbocycles. The minimum absolute atomic E-state index is 0.762. The van der Waals surface area contributed by atoms with Gasteiger partial charge in [-0.25, -0.2) is 0 Å². The van der Waals surface area contributed by atoms with Crippen LogP contribution in [0.25, 0.3) is 4.48 Å². The van der Waals surface area contributed by atoms with Crippen molar-refractivity contribution in [3.63, 3.8) is 0 Å². The lowest BCUT2D eigenvalue weighted by Crippen LogP contribution is -1.91. The minimum Gasteiger partial charge on any atom is -0.175 e. The largest absolute Gasteiger partial charge is 0.175 e. The third-order valence-electron chi connectivity index (χ3n) is 2.59. The van der Waals surface area contributed by atoms with E-state index in [4.69, 9.17) is 0 Å². The van der Waals surface area contributed by atoms with Crippen LogP contribution in [0.2, 0.25) is 0 Å². The highest BCUT2D eigenvalue weighted by Gasteiger charge is 2.08. The van der Waals surface area contributed by atoms with Crippen LogP contribution >= 0.6 is 28.6 Å². The van der Waals surface area contributed by atoms with Crippen LogP contribution in [0.5, 0.6) is 0 Å². The molecular weight excluding hydrogens is 304 g/mol. The zero-order valence-electron chi connectivity index (χ0n) is 10.9. The Morgan fingerprint density at radius 1 is 1.22 bits per heavy atom. The molecule has 1 aliphatic rings. The first-order valence-corrected chi connectivity index (χ1v) is 7.66. The number of allylic oxidation sites excluding steroid dienone is 5. The third kappa shape index (κ3) is 3.89. The molecule has 0 bridgehead atoms. The molecule has 0 spiro atoms. The normalized spacial score (nSPS) is 16.0. The summed E-state index contributed by atoms with van der Waals surface area (Å²) in [5, 5.41) is 0. The van der Waals surface area contributed by atoms with Gasteiger partial charge in [-0.15, -0.1) is 0 Å². The molecule has 18 heavy (non-hydrogen) atoms. The first-order valence-electron chi connectivity index (χ1n) is 6.24. The fourth-order valence-corrected chi connectivity index (χ4v) is 2.68. The first-order chi connectivity index (χ1) is 8.83. The number of hydrogen-bond acceptors (Lipinski definition) is 1. The number of rotatable bonds is 2. The van der Waals surface area contributed by atoms with Gasteiger partial charge in [-0.2, -0.15) is 12.6 Å². The predicted octanol–water partition coefficient (Wildman–Crippen LogP) is 5.76. The van der Waals surface area contributed by atoms with Gasteiger partial charge >= 0.3 is 0 Å². The Morgan fingerprint density at radius 2 is 1.94 bits per heavy atom. The molecule has 0 unspecified atom stereocenters. The van der Waals surface area contributed by atoms with Crippen LogP contribution in [0.15, 0.2) is 54.1 Å². The Bertz CT molecular complexity index is 470. The molecule has 0 N–H and O–H groups in total. The maximum atomic E-state index is 4.36. The molecule has 96 valence electrons. The highest BCUT2D eigenvalue weighted by Crippen LogP contribution is 2.32. The van der Waals surface area contributed by atoms with E-state index in [0.717, 1.165) is 12.2 Å². The fourth-order valence-electron chi connectivity index (χ4n) is 1.72. The summed E-state index contributed by atoms with van der Waals surface area (Å²) in [7, 11) is 0. The van der Waals surface area contributed by atoms with Crippen molar-refractivity contribution >= 4 is 33.0 Å². The lowest BCUT2D eigenvalue weighted by molar-refractivity contribution is 1.27. The van der Waals surface area contributed by atoms with Crippen LogP contribution in [0, 0.1) is 0 Å². The second-order valence-electron chi connectivity index (χ2n) is 3.65. The fraction of sp³-hybridized carbons (Fsp3) is 0.250. The summed E-state index contributed by atoms with van der Waals surface area (Å²) in [6.45, 7) is 4.00. The second kappa shape index (κ2) is 8.39. The van der Waals surface area contributed by atoms with Gasteiger partial charge in [-0.05, 0) is 39.1 Å². The first kappa shape index (κ1) is 15.3. The Labute approximate surface area is 124 Å². The molecule has 0 heterocycles. The number of thiol groups is 1. The van der Waals surface area contributed by atoms with E-state index in [2.05, 4.69) is 77.1 Å². The molecule has 0 aromatic heterocycles. The standard InChI is InChI=1S/C14H13BrS.C2H6/c15-14(11-6-2-1-3-7-11)13-9-5-4-8-12(13)10-16;1-2/h1-6,8-9,16H,7,10H2;1-2H3/b14-11+;. The quantitative estimate of drug-likeness (QED) is 0.657. The highest BCUT2D eigenvalue weighted by molar-refractivity contribution is 9.15. The summed E-state index contributed by atoms with van der Waals surface area (Å²) in [6, 6.07) is 8.37. The van der Waals surface area contributed by atoms with Crippen LogP contribution in [-0.2, 0) is 5.75 Å². The summed E-state index contributed by atoms with van der Waals surface area (Å²) in [4.78, 5) is 0. The van der Waals surface area contributed by atoms with Gasteiger partial charge in [0.05, 0.1) is 0 Å². The average Bonchev–Trinajstić information content (AvgIpc) is 2.49. The van der Waals surface area contributed by atoms with Crippen molar-refractivity contribution in [2.24, 2.45) is 0 Å². The van der Waals surface area contributed by atoms with E-state index in [1.54, 1.807) is 0 Å². The SMILES string of the molecule is CC.SCc1ccccc1/C(Br)=C1/C=CC=CC1. The zero-order chi connectivity index (χ0) is 13.4. The van der Waals surface area contributed by atoms with Crippen LogP contribution in [0.1, 0.15) is 31.4 Å².